The van der Waals surface area contributed by atoms with E-state index in [2.05, 4.69) is 50.1 Å². The number of nitrogens with zero attached hydrogens (tertiary/aromatic N) is 2. The monoisotopic (exact) mass is 464 g/mol. The zero-order chi connectivity index (χ0) is 24.9. The predicted octanol–water partition coefficient (Wildman–Crippen LogP) is 4.79. The summed E-state index contributed by atoms with van der Waals surface area (Å²) in [5.74, 6) is 2.90. The number of rotatable bonds is 10. The molecule has 0 N–H and O–H groups in total. The SMILES string of the molecule is COc1ccc(C(C#N)(/C=C/CN(C)C2Cc3cc(OC)c(OC)cc3C2)C(C)C)cc1OC. The molecule has 0 radical (unpaired) electrons. The number of nitriles is 1. The summed E-state index contributed by atoms with van der Waals surface area (Å²) < 4.78 is 21.8. The van der Waals surface area contributed by atoms with Crippen LogP contribution in [0, 0.1) is 17.2 Å². The fourth-order valence-corrected chi connectivity index (χ4v) is 4.74. The van der Waals surface area contributed by atoms with E-state index in [0.717, 1.165) is 36.4 Å². The van der Waals surface area contributed by atoms with Gasteiger partial charge in [-0.3, -0.25) is 4.90 Å². The number of fused-ring (bicyclic) bond motifs is 1. The number of likely N-dealkylation sites (N-methyl/N-ethyl adjacent to an activating group) is 1. The van der Waals surface area contributed by atoms with E-state index in [9.17, 15) is 5.26 Å². The van der Waals surface area contributed by atoms with Crippen LogP contribution in [0.15, 0.2) is 42.5 Å². The summed E-state index contributed by atoms with van der Waals surface area (Å²) in [6.07, 6.45) is 6.08. The van der Waals surface area contributed by atoms with Gasteiger partial charge in [0, 0.05) is 12.6 Å². The number of allylic oxidation sites excluding steroid dienone is 1. The average molecular weight is 465 g/mol. The molecule has 2 aromatic rings. The molecule has 0 bridgehead atoms. The van der Waals surface area contributed by atoms with Gasteiger partial charge in [0.1, 0.15) is 5.41 Å². The Bertz CT molecular complexity index is 1040. The minimum atomic E-state index is -0.764. The van der Waals surface area contributed by atoms with Crippen LogP contribution in [0.25, 0.3) is 0 Å². The molecular weight excluding hydrogens is 428 g/mol. The molecule has 3 rings (SSSR count). The highest BCUT2D eigenvalue weighted by Crippen LogP contribution is 2.39. The van der Waals surface area contributed by atoms with Crippen molar-refractivity contribution >= 4 is 0 Å². The Morgan fingerprint density at radius 3 is 1.94 bits per heavy atom. The maximum atomic E-state index is 10.3. The first-order chi connectivity index (χ1) is 16.3. The Labute approximate surface area is 203 Å². The van der Waals surface area contributed by atoms with Crippen LogP contribution in [0.2, 0.25) is 0 Å². The molecule has 0 saturated heterocycles. The van der Waals surface area contributed by atoms with Gasteiger partial charge in [0.2, 0.25) is 0 Å². The summed E-state index contributed by atoms with van der Waals surface area (Å²) in [4.78, 5) is 2.34. The third kappa shape index (κ3) is 4.85. The quantitative estimate of drug-likeness (QED) is 0.471. The van der Waals surface area contributed by atoms with Gasteiger partial charge < -0.3 is 18.9 Å². The second-order valence-corrected chi connectivity index (χ2v) is 9.09. The first-order valence-corrected chi connectivity index (χ1v) is 11.6. The van der Waals surface area contributed by atoms with Gasteiger partial charge in [-0.05, 0) is 66.8 Å². The lowest BCUT2D eigenvalue weighted by Crippen LogP contribution is -2.33. The van der Waals surface area contributed by atoms with Crippen LogP contribution in [0.1, 0.15) is 30.5 Å². The fourth-order valence-electron chi connectivity index (χ4n) is 4.74. The molecule has 1 aliphatic rings. The van der Waals surface area contributed by atoms with Gasteiger partial charge in [-0.25, -0.2) is 0 Å². The molecule has 0 saturated carbocycles. The van der Waals surface area contributed by atoms with Gasteiger partial charge in [-0.1, -0.05) is 32.1 Å². The lowest BCUT2D eigenvalue weighted by Gasteiger charge is -2.29. The summed E-state index contributed by atoms with van der Waals surface area (Å²) >= 11 is 0. The Morgan fingerprint density at radius 1 is 0.941 bits per heavy atom. The molecule has 1 aliphatic carbocycles. The fraction of sp³-hybridized carbons (Fsp3) is 0.464. The Morgan fingerprint density at radius 2 is 1.47 bits per heavy atom. The first kappa shape index (κ1) is 25.5. The van der Waals surface area contributed by atoms with E-state index in [4.69, 9.17) is 18.9 Å². The second kappa shape index (κ2) is 10.8. The van der Waals surface area contributed by atoms with E-state index in [1.807, 2.05) is 24.3 Å². The standard InChI is InChI=1S/C28H36N2O4/c1-19(2)28(18-29,22-9-10-24(31-4)27(17-22)34-7)11-8-12-30(3)23-13-20-15-25(32-5)26(33-6)16-21(20)14-23/h8-11,15-17,19,23H,12-14H2,1-7H3/b11-8+. The molecule has 0 aliphatic heterocycles. The molecule has 0 aromatic heterocycles. The minimum Gasteiger partial charge on any atom is -0.493 e. The molecule has 0 heterocycles. The number of hydrogen-bond donors (Lipinski definition) is 0. The molecular formula is C28H36N2O4. The van der Waals surface area contributed by atoms with Crippen molar-refractivity contribution in [3.8, 4) is 29.1 Å². The molecule has 2 aromatic carbocycles. The number of benzene rings is 2. The molecule has 0 amide bonds. The van der Waals surface area contributed by atoms with E-state index in [0.29, 0.717) is 17.5 Å². The summed E-state index contributed by atoms with van der Waals surface area (Å²) in [7, 11) is 8.70. The lowest BCUT2D eigenvalue weighted by molar-refractivity contribution is 0.274. The van der Waals surface area contributed by atoms with Gasteiger partial charge >= 0.3 is 0 Å². The van der Waals surface area contributed by atoms with Gasteiger partial charge in [0.05, 0.1) is 34.5 Å². The van der Waals surface area contributed by atoms with Crippen molar-refractivity contribution in [2.45, 2.75) is 38.1 Å². The summed E-state index contributed by atoms with van der Waals surface area (Å²) in [5, 5.41) is 10.3. The number of methoxy groups -OCH3 is 4. The van der Waals surface area contributed by atoms with E-state index in [1.165, 1.54) is 11.1 Å². The third-order valence-electron chi connectivity index (χ3n) is 6.97. The topological polar surface area (TPSA) is 64.0 Å². The van der Waals surface area contributed by atoms with Crippen LogP contribution in [-0.4, -0.2) is 53.0 Å². The highest BCUT2D eigenvalue weighted by molar-refractivity contribution is 5.51. The van der Waals surface area contributed by atoms with Crippen molar-refractivity contribution in [3.63, 3.8) is 0 Å². The molecule has 1 atom stereocenters. The van der Waals surface area contributed by atoms with Crippen molar-refractivity contribution < 1.29 is 18.9 Å². The predicted molar refractivity (Wildman–Crippen MR) is 134 cm³/mol. The van der Waals surface area contributed by atoms with Crippen LogP contribution in [0.3, 0.4) is 0 Å². The molecule has 182 valence electrons. The van der Waals surface area contributed by atoms with Crippen LogP contribution >= 0.6 is 0 Å². The summed E-state index contributed by atoms with van der Waals surface area (Å²) in [6, 6.07) is 12.9. The lowest BCUT2D eigenvalue weighted by atomic mass is 9.72. The molecule has 0 spiro atoms. The zero-order valence-electron chi connectivity index (χ0n) is 21.3. The largest absolute Gasteiger partial charge is 0.493 e. The molecule has 1 unspecified atom stereocenters. The average Bonchev–Trinajstić information content (AvgIpc) is 3.28. The zero-order valence-corrected chi connectivity index (χ0v) is 21.3. The smallest absolute Gasteiger partial charge is 0.161 e. The Kier molecular flexibility index (Phi) is 8.11. The van der Waals surface area contributed by atoms with Gasteiger partial charge in [-0.2, -0.15) is 5.26 Å². The molecule has 6 nitrogen and oxygen atoms in total. The van der Waals surface area contributed by atoms with Crippen LogP contribution < -0.4 is 18.9 Å². The van der Waals surface area contributed by atoms with Crippen LogP contribution in [0.5, 0.6) is 23.0 Å². The van der Waals surface area contributed by atoms with Crippen molar-refractivity contribution in [3.05, 3.63) is 59.2 Å². The summed E-state index contributed by atoms with van der Waals surface area (Å²) in [5.41, 5.74) is 2.74. The number of hydrogen-bond acceptors (Lipinski definition) is 6. The number of ether oxygens (including phenoxy) is 4. The van der Waals surface area contributed by atoms with E-state index >= 15 is 0 Å². The van der Waals surface area contributed by atoms with E-state index < -0.39 is 5.41 Å². The van der Waals surface area contributed by atoms with Crippen molar-refractivity contribution in [2.24, 2.45) is 5.92 Å². The molecule has 34 heavy (non-hydrogen) atoms. The third-order valence-corrected chi connectivity index (χ3v) is 6.97. The highest BCUT2D eigenvalue weighted by Gasteiger charge is 2.34. The van der Waals surface area contributed by atoms with Gasteiger partial charge in [0.15, 0.2) is 23.0 Å². The summed E-state index contributed by atoms with van der Waals surface area (Å²) in [6.45, 7) is 4.89. The van der Waals surface area contributed by atoms with Gasteiger partial charge in [-0.15, -0.1) is 0 Å². The van der Waals surface area contributed by atoms with Crippen molar-refractivity contribution in [1.29, 1.82) is 5.26 Å². The Balaban J connectivity index is 1.78. The maximum Gasteiger partial charge on any atom is 0.161 e. The second-order valence-electron chi connectivity index (χ2n) is 9.09. The van der Waals surface area contributed by atoms with Crippen LogP contribution in [-0.2, 0) is 18.3 Å². The molecule has 6 heteroatoms. The van der Waals surface area contributed by atoms with Crippen molar-refractivity contribution in [2.75, 3.05) is 42.0 Å². The van der Waals surface area contributed by atoms with Crippen LogP contribution in [0.4, 0.5) is 0 Å². The van der Waals surface area contributed by atoms with Gasteiger partial charge in [0.25, 0.3) is 0 Å². The normalized spacial score (nSPS) is 15.3. The molecule has 0 fully saturated rings. The van der Waals surface area contributed by atoms with E-state index in [-0.39, 0.29) is 5.92 Å². The first-order valence-electron chi connectivity index (χ1n) is 11.6. The van der Waals surface area contributed by atoms with Crippen molar-refractivity contribution in [1.82, 2.24) is 4.90 Å². The van der Waals surface area contributed by atoms with E-state index in [1.54, 1.807) is 28.4 Å². The maximum absolute atomic E-state index is 10.3. The minimum absolute atomic E-state index is 0.0767. The highest BCUT2D eigenvalue weighted by atomic mass is 16.5. The Hall–Kier alpha value is -3.17.